The Kier molecular flexibility index (Phi) is 6.70. The van der Waals surface area contributed by atoms with Gasteiger partial charge in [-0.3, -0.25) is 9.59 Å². The summed E-state index contributed by atoms with van der Waals surface area (Å²) >= 11 is 3.28. The molecule has 20 heavy (non-hydrogen) atoms. The van der Waals surface area contributed by atoms with E-state index in [9.17, 15) is 9.59 Å². The molecular weight excluding hydrogens is 326 g/mol. The number of aromatic nitrogens is 2. The van der Waals surface area contributed by atoms with Crippen molar-refractivity contribution in [2.75, 3.05) is 18.5 Å². The van der Waals surface area contributed by atoms with E-state index >= 15 is 0 Å². The number of carbonyl (C=O) groups is 1. The Labute approximate surface area is 126 Å². The van der Waals surface area contributed by atoms with Gasteiger partial charge in [-0.15, -0.1) is 0 Å². The van der Waals surface area contributed by atoms with Gasteiger partial charge in [-0.05, 0) is 43.1 Å². The molecular formula is C13H20BrN3O3. The molecule has 1 heterocycles. The molecule has 0 aliphatic carbocycles. The molecule has 0 aliphatic rings. The summed E-state index contributed by atoms with van der Waals surface area (Å²) in [7, 11) is 0. The van der Waals surface area contributed by atoms with Gasteiger partial charge in [-0.1, -0.05) is 0 Å². The Morgan fingerprint density at radius 1 is 1.55 bits per heavy atom. The number of hydrogen-bond donors (Lipinski definition) is 1. The van der Waals surface area contributed by atoms with Gasteiger partial charge in [0.25, 0.3) is 5.56 Å². The molecule has 1 aromatic rings. The molecule has 1 rings (SSSR count). The molecule has 1 aromatic heterocycles. The molecule has 7 heteroatoms. The maximum Gasteiger partial charge on any atom is 0.305 e. The lowest BCUT2D eigenvalue weighted by atomic mass is 10.3. The number of nitrogens with zero attached hydrogens (tertiary/aromatic N) is 2. The third-order valence-electron chi connectivity index (χ3n) is 2.61. The molecule has 0 unspecified atom stereocenters. The molecule has 0 aliphatic heterocycles. The van der Waals surface area contributed by atoms with Crippen molar-refractivity contribution in [3.8, 4) is 0 Å². The van der Waals surface area contributed by atoms with Gasteiger partial charge in [-0.25, -0.2) is 4.68 Å². The SMILES string of the molecule is CCOC(=O)CCCNc1cnn(C(C)C)c(=O)c1Br. The summed E-state index contributed by atoms with van der Waals surface area (Å²) in [4.78, 5) is 23.2. The predicted molar refractivity (Wildman–Crippen MR) is 80.9 cm³/mol. The molecule has 0 bridgehead atoms. The molecule has 0 radical (unpaired) electrons. The summed E-state index contributed by atoms with van der Waals surface area (Å²) in [6.45, 7) is 6.54. The smallest absolute Gasteiger partial charge is 0.305 e. The van der Waals surface area contributed by atoms with Crippen LogP contribution in [0.25, 0.3) is 0 Å². The van der Waals surface area contributed by atoms with E-state index in [1.165, 1.54) is 4.68 Å². The average molecular weight is 346 g/mol. The second-order valence-electron chi connectivity index (χ2n) is 4.55. The maximum atomic E-state index is 12.0. The zero-order valence-corrected chi connectivity index (χ0v) is 13.6. The van der Waals surface area contributed by atoms with Crippen molar-refractivity contribution in [2.45, 2.75) is 39.7 Å². The fraction of sp³-hybridized carbons (Fsp3) is 0.615. The minimum Gasteiger partial charge on any atom is -0.466 e. The molecule has 0 amide bonds. The second-order valence-corrected chi connectivity index (χ2v) is 5.34. The van der Waals surface area contributed by atoms with E-state index in [2.05, 4.69) is 26.3 Å². The van der Waals surface area contributed by atoms with Crippen LogP contribution in [0.4, 0.5) is 5.69 Å². The zero-order chi connectivity index (χ0) is 15.1. The average Bonchev–Trinajstić information content (AvgIpc) is 2.39. The molecule has 0 saturated heterocycles. The Balaban J connectivity index is 2.55. The number of carbonyl (C=O) groups excluding carboxylic acids is 1. The highest BCUT2D eigenvalue weighted by Gasteiger charge is 2.10. The van der Waals surface area contributed by atoms with Crippen LogP contribution in [0.2, 0.25) is 0 Å². The monoisotopic (exact) mass is 345 g/mol. The van der Waals surface area contributed by atoms with Gasteiger partial charge in [-0.2, -0.15) is 5.10 Å². The Bertz CT molecular complexity index is 514. The van der Waals surface area contributed by atoms with Crippen molar-refractivity contribution in [1.29, 1.82) is 0 Å². The molecule has 6 nitrogen and oxygen atoms in total. The van der Waals surface area contributed by atoms with E-state index < -0.39 is 0 Å². The Morgan fingerprint density at radius 2 is 2.25 bits per heavy atom. The lowest BCUT2D eigenvalue weighted by molar-refractivity contribution is -0.143. The highest BCUT2D eigenvalue weighted by molar-refractivity contribution is 9.10. The van der Waals surface area contributed by atoms with Crippen LogP contribution in [0.1, 0.15) is 39.7 Å². The summed E-state index contributed by atoms with van der Waals surface area (Å²) in [6.07, 6.45) is 2.60. The van der Waals surface area contributed by atoms with E-state index in [-0.39, 0.29) is 17.6 Å². The molecule has 0 spiro atoms. The van der Waals surface area contributed by atoms with Crippen molar-refractivity contribution in [2.24, 2.45) is 0 Å². The second kappa shape index (κ2) is 8.04. The zero-order valence-electron chi connectivity index (χ0n) is 12.0. The fourth-order valence-electron chi connectivity index (χ4n) is 1.62. The number of halogens is 1. The lowest BCUT2D eigenvalue weighted by Crippen LogP contribution is -2.26. The van der Waals surface area contributed by atoms with Crippen LogP contribution in [0.5, 0.6) is 0 Å². The molecule has 0 fully saturated rings. The van der Waals surface area contributed by atoms with Crippen LogP contribution in [0.3, 0.4) is 0 Å². The van der Waals surface area contributed by atoms with Crippen molar-refractivity contribution in [1.82, 2.24) is 9.78 Å². The lowest BCUT2D eigenvalue weighted by Gasteiger charge is -2.12. The first-order valence-electron chi connectivity index (χ1n) is 6.64. The fourth-order valence-corrected chi connectivity index (χ4v) is 2.05. The van der Waals surface area contributed by atoms with E-state index in [4.69, 9.17) is 4.74 Å². The first kappa shape index (κ1) is 16.7. The highest BCUT2D eigenvalue weighted by atomic mass is 79.9. The number of esters is 1. The summed E-state index contributed by atoms with van der Waals surface area (Å²) < 4.78 is 6.70. The quantitative estimate of drug-likeness (QED) is 0.606. The Morgan fingerprint density at radius 3 is 2.85 bits per heavy atom. The summed E-state index contributed by atoms with van der Waals surface area (Å²) in [5.41, 5.74) is 0.464. The van der Waals surface area contributed by atoms with Crippen molar-refractivity contribution >= 4 is 27.6 Å². The van der Waals surface area contributed by atoms with Crippen molar-refractivity contribution in [3.05, 3.63) is 21.0 Å². The largest absolute Gasteiger partial charge is 0.466 e. The van der Waals surface area contributed by atoms with Gasteiger partial charge in [0, 0.05) is 13.0 Å². The van der Waals surface area contributed by atoms with Crippen LogP contribution >= 0.6 is 15.9 Å². The van der Waals surface area contributed by atoms with Crippen molar-refractivity contribution < 1.29 is 9.53 Å². The summed E-state index contributed by atoms with van der Waals surface area (Å²) in [5, 5.41) is 7.19. The van der Waals surface area contributed by atoms with Crippen LogP contribution in [0.15, 0.2) is 15.5 Å². The van der Waals surface area contributed by atoms with Crippen molar-refractivity contribution in [3.63, 3.8) is 0 Å². The standard InChI is InChI=1S/C13H20BrN3O3/c1-4-20-11(18)6-5-7-15-10-8-16-17(9(2)3)13(19)12(10)14/h8-9,15H,4-7H2,1-3H3. The van der Waals surface area contributed by atoms with Gasteiger partial charge < -0.3 is 10.1 Å². The van der Waals surface area contributed by atoms with E-state index in [1.807, 2.05) is 13.8 Å². The van der Waals surface area contributed by atoms with E-state index in [1.54, 1.807) is 13.1 Å². The maximum absolute atomic E-state index is 12.0. The number of ether oxygens (including phenoxy) is 1. The molecule has 112 valence electrons. The van der Waals surface area contributed by atoms with Crippen LogP contribution in [-0.4, -0.2) is 28.9 Å². The van der Waals surface area contributed by atoms with Crippen LogP contribution < -0.4 is 10.9 Å². The number of nitrogens with one attached hydrogen (secondary N) is 1. The van der Waals surface area contributed by atoms with Gasteiger partial charge in [0.1, 0.15) is 4.47 Å². The minimum atomic E-state index is -0.207. The molecule has 1 N–H and O–H groups in total. The summed E-state index contributed by atoms with van der Waals surface area (Å²) in [6, 6.07) is 0.0108. The molecule has 0 saturated carbocycles. The summed E-state index contributed by atoms with van der Waals surface area (Å²) in [5.74, 6) is -0.207. The predicted octanol–water partition coefficient (Wildman–Crippen LogP) is 2.34. The first-order valence-corrected chi connectivity index (χ1v) is 7.43. The topological polar surface area (TPSA) is 73.2 Å². The first-order chi connectivity index (χ1) is 9.47. The third kappa shape index (κ3) is 4.63. The van der Waals surface area contributed by atoms with Gasteiger partial charge >= 0.3 is 5.97 Å². The molecule has 0 aromatic carbocycles. The normalized spacial score (nSPS) is 10.7. The number of rotatable bonds is 7. The molecule has 0 atom stereocenters. The third-order valence-corrected chi connectivity index (χ3v) is 3.38. The van der Waals surface area contributed by atoms with E-state index in [0.717, 1.165) is 0 Å². The van der Waals surface area contributed by atoms with Crippen LogP contribution in [-0.2, 0) is 9.53 Å². The minimum absolute atomic E-state index is 0.0108. The number of anilines is 1. The van der Waals surface area contributed by atoms with Gasteiger partial charge in [0.05, 0.1) is 24.5 Å². The van der Waals surface area contributed by atoms with Crippen LogP contribution in [0, 0.1) is 0 Å². The number of hydrogen-bond acceptors (Lipinski definition) is 5. The highest BCUT2D eigenvalue weighted by Crippen LogP contribution is 2.17. The van der Waals surface area contributed by atoms with Gasteiger partial charge in [0.2, 0.25) is 0 Å². The Hall–Kier alpha value is -1.37. The van der Waals surface area contributed by atoms with E-state index in [0.29, 0.717) is 36.2 Å². The van der Waals surface area contributed by atoms with Gasteiger partial charge in [0.15, 0.2) is 0 Å².